The molecule has 0 unspecified atom stereocenters. The minimum absolute atomic E-state index is 0.0416. The molecule has 0 saturated carbocycles. The maximum atomic E-state index is 12.5. The molecule has 3 rings (SSSR count). The van der Waals surface area contributed by atoms with E-state index in [9.17, 15) is 4.79 Å². The quantitative estimate of drug-likeness (QED) is 0.437. The molecule has 0 radical (unpaired) electrons. The molecule has 0 fully saturated rings. The normalized spacial score (nSPS) is 11.0. The minimum atomic E-state index is -0.0898. The van der Waals surface area contributed by atoms with Gasteiger partial charge in [-0.1, -0.05) is 0 Å². The van der Waals surface area contributed by atoms with E-state index in [1.54, 1.807) is 0 Å². The van der Waals surface area contributed by atoms with Crippen LogP contribution in [0.25, 0.3) is 0 Å². The number of ether oxygens (including phenoxy) is 1. The van der Waals surface area contributed by atoms with Crippen molar-refractivity contribution in [1.82, 2.24) is 9.55 Å². The monoisotopic (exact) mass is 460 g/mol. The molecule has 0 bridgehead atoms. The second-order valence-corrected chi connectivity index (χ2v) is 9.33. The van der Waals surface area contributed by atoms with Crippen molar-refractivity contribution in [3.05, 3.63) is 85.9 Å². The Hall–Kier alpha value is -1.98. The van der Waals surface area contributed by atoms with Gasteiger partial charge in [0.05, 0.1) is 0 Å². The number of hydrogen-bond acceptors (Lipinski definition) is 3. The van der Waals surface area contributed by atoms with E-state index in [0.29, 0.717) is 24.5 Å². The van der Waals surface area contributed by atoms with Crippen molar-refractivity contribution in [1.29, 1.82) is 0 Å². The first-order valence-electron chi connectivity index (χ1n) is 9.21. The van der Waals surface area contributed by atoms with Gasteiger partial charge in [-0.3, -0.25) is 0 Å². The first kappa shape index (κ1) is 20.7. The summed E-state index contributed by atoms with van der Waals surface area (Å²) in [5.41, 5.74) is 4.26. The van der Waals surface area contributed by atoms with Crippen LogP contribution >= 0.6 is 12.2 Å². The van der Waals surface area contributed by atoms with Crippen LogP contribution in [0, 0.1) is 18.6 Å². The van der Waals surface area contributed by atoms with Crippen molar-refractivity contribution < 1.29 is 4.74 Å². The fraction of sp³-hybridized carbons (Fsp3) is 0.273. The third-order valence-electron chi connectivity index (χ3n) is 4.34. The van der Waals surface area contributed by atoms with Gasteiger partial charge in [0.15, 0.2) is 0 Å². The Morgan fingerprint density at radius 1 is 1.11 bits per heavy atom. The van der Waals surface area contributed by atoms with Crippen LogP contribution in [0.3, 0.4) is 0 Å². The first-order valence-corrected chi connectivity index (χ1v) is 11.3. The van der Waals surface area contributed by atoms with Crippen LogP contribution in [0.5, 0.6) is 0 Å². The molecule has 6 heteroatoms. The summed E-state index contributed by atoms with van der Waals surface area (Å²) < 4.78 is 10.5. The van der Waals surface area contributed by atoms with Crippen LogP contribution in [0.1, 0.15) is 29.2 Å². The third kappa shape index (κ3) is 5.09. The van der Waals surface area contributed by atoms with Crippen LogP contribution in [0.2, 0.25) is 0 Å². The Morgan fingerprint density at radius 3 is 2.43 bits per heavy atom. The van der Waals surface area contributed by atoms with E-state index < -0.39 is 0 Å². The summed E-state index contributed by atoms with van der Waals surface area (Å²) in [5, 5.41) is 0. The molecule has 3 aromatic rings. The zero-order valence-corrected chi connectivity index (χ0v) is 18.8. The number of benzene rings is 2. The van der Waals surface area contributed by atoms with Crippen molar-refractivity contribution >= 4 is 36.2 Å². The zero-order valence-electron chi connectivity index (χ0n) is 16.3. The number of aryl methyl sites for hydroxylation is 2. The van der Waals surface area contributed by atoms with E-state index in [1.165, 1.54) is 15.6 Å². The summed E-state index contributed by atoms with van der Waals surface area (Å²) in [6.45, 7) is 7.02. The Labute approximate surface area is 176 Å². The molecular weight excluding hydrogens is 435 g/mol. The molecule has 4 nitrogen and oxygen atoms in total. The van der Waals surface area contributed by atoms with Gasteiger partial charge in [0.25, 0.3) is 0 Å². The summed E-state index contributed by atoms with van der Waals surface area (Å²) in [5.74, 6) is 0. The van der Waals surface area contributed by atoms with Crippen molar-refractivity contribution in [2.75, 3.05) is 0 Å². The van der Waals surface area contributed by atoms with Gasteiger partial charge < -0.3 is 0 Å². The molecule has 0 atom stereocenters. The second kappa shape index (κ2) is 9.48. The molecule has 0 aliphatic heterocycles. The number of hydrogen-bond donors (Lipinski definition) is 1. The number of aromatic amines is 1. The average molecular weight is 459 g/mol. The molecule has 2 aromatic carbocycles. The Bertz CT molecular complexity index is 1050. The number of nitrogens with zero attached hydrogens (tertiary/aromatic N) is 1. The molecule has 0 saturated heterocycles. The van der Waals surface area contributed by atoms with Crippen LogP contribution in [0.4, 0.5) is 0 Å². The van der Waals surface area contributed by atoms with Crippen molar-refractivity contribution in [3.8, 4) is 0 Å². The summed E-state index contributed by atoms with van der Waals surface area (Å²) >= 11 is 5.43. The topological polar surface area (TPSA) is 47.0 Å². The Kier molecular flexibility index (Phi) is 7.02. The third-order valence-corrected chi connectivity index (χ3v) is 7.03. The molecule has 1 heterocycles. The average Bonchev–Trinajstić information content (AvgIpc) is 2.64. The predicted molar refractivity (Wildman–Crippen MR) is 117 cm³/mol. The van der Waals surface area contributed by atoms with Crippen LogP contribution in [-0.2, 0) is 24.5 Å². The van der Waals surface area contributed by atoms with Gasteiger partial charge in [-0.05, 0) is 0 Å². The van der Waals surface area contributed by atoms with Gasteiger partial charge >= 0.3 is 177 Å². The molecular formula is C22H24N2O2SSe. The molecule has 0 aliphatic carbocycles. The van der Waals surface area contributed by atoms with Crippen LogP contribution < -0.4 is 14.6 Å². The maximum absolute atomic E-state index is 12.5. The zero-order chi connectivity index (χ0) is 20.1. The van der Waals surface area contributed by atoms with Crippen molar-refractivity contribution in [2.24, 2.45) is 0 Å². The summed E-state index contributed by atoms with van der Waals surface area (Å²) in [6, 6.07) is 16.6. The van der Waals surface area contributed by atoms with Gasteiger partial charge in [-0.15, -0.1) is 0 Å². The predicted octanol–water partition coefficient (Wildman–Crippen LogP) is 2.91. The molecule has 1 N–H and O–H groups in total. The van der Waals surface area contributed by atoms with Gasteiger partial charge in [0.1, 0.15) is 0 Å². The summed E-state index contributed by atoms with van der Waals surface area (Å²) in [6.07, 6.45) is 0.658. The van der Waals surface area contributed by atoms with Gasteiger partial charge in [0, 0.05) is 0 Å². The molecule has 0 amide bonds. The number of rotatable bonds is 7. The van der Waals surface area contributed by atoms with E-state index in [-0.39, 0.29) is 20.5 Å². The SMILES string of the molecule is CCc1c([Se]c2cc(C)cc(C)c2)n(COCc2ccccc2)c(=S)[nH]c1=O. The summed E-state index contributed by atoms with van der Waals surface area (Å²) in [7, 11) is 0. The van der Waals surface area contributed by atoms with Gasteiger partial charge in [0.2, 0.25) is 0 Å². The standard InChI is InChI=1S/C22H24N2O2SSe/c1-4-19-20(25)23-22(27)24(14-26-13-17-8-6-5-7-9-17)21(19)28-18-11-15(2)10-16(3)12-18/h5-12H,4,13-14H2,1-3H3,(H,23,25,27). The number of aromatic nitrogens is 2. The Morgan fingerprint density at radius 2 is 1.79 bits per heavy atom. The van der Waals surface area contributed by atoms with Crippen molar-refractivity contribution in [2.45, 2.75) is 40.5 Å². The molecule has 1 aromatic heterocycles. The molecule has 146 valence electrons. The second-order valence-electron chi connectivity index (χ2n) is 6.71. The van der Waals surface area contributed by atoms with E-state index in [1.807, 2.05) is 41.8 Å². The molecule has 28 heavy (non-hydrogen) atoms. The van der Waals surface area contributed by atoms with Crippen LogP contribution in [0.15, 0.2) is 53.3 Å². The van der Waals surface area contributed by atoms with Gasteiger partial charge in [-0.25, -0.2) is 0 Å². The van der Waals surface area contributed by atoms with Gasteiger partial charge in [-0.2, -0.15) is 0 Å². The fourth-order valence-electron chi connectivity index (χ4n) is 3.07. The van der Waals surface area contributed by atoms with Crippen LogP contribution in [-0.4, -0.2) is 24.5 Å². The van der Waals surface area contributed by atoms with E-state index in [2.05, 4.69) is 37.0 Å². The number of H-pyrrole nitrogens is 1. The fourth-order valence-corrected chi connectivity index (χ4v) is 6.22. The molecule has 0 aliphatic rings. The first-order chi connectivity index (χ1) is 13.5. The summed E-state index contributed by atoms with van der Waals surface area (Å²) in [4.78, 5) is 15.3. The van der Waals surface area contributed by atoms with E-state index in [4.69, 9.17) is 17.0 Å². The Balaban J connectivity index is 1.94. The van der Waals surface area contributed by atoms with E-state index in [0.717, 1.165) is 15.7 Å². The molecule has 0 spiro atoms. The van der Waals surface area contributed by atoms with E-state index >= 15 is 0 Å². The number of nitrogens with one attached hydrogen (secondary N) is 1. The van der Waals surface area contributed by atoms with Crippen molar-refractivity contribution in [3.63, 3.8) is 0 Å².